The number of nitrogens with two attached hydrogens (primary N) is 1. The Morgan fingerprint density at radius 1 is 1.19 bits per heavy atom. The van der Waals surface area contributed by atoms with Gasteiger partial charge in [-0.25, -0.2) is 12.7 Å². The number of ether oxygens (including phenoxy) is 1. The highest BCUT2D eigenvalue weighted by Gasteiger charge is 2.24. The summed E-state index contributed by atoms with van der Waals surface area (Å²) in [7, 11) is -0.206. The van der Waals surface area contributed by atoms with Crippen molar-refractivity contribution in [2.24, 2.45) is 7.05 Å². The lowest BCUT2D eigenvalue weighted by atomic mass is 10.2. The molecule has 0 unspecified atom stereocenters. The number of nitrogens with zero attached hydrogens (tertiary/aromatic N) is 3. The molecule has 1 aromatic heterocycles. The minimum Gasteiger partial charge on any atom is -0.497 e. The summed E-state index contributed by atoms with van der Waals surface area (Å²) in [5.74, 6) is 1.08. The monoisotopic (exact) mass is 376 g/mol. The number of benzene rings is 2. The first-order valence-corrected chi connectivity index (χ1v) is 9.48. The van der Waals surface area contributed by atoms with Crippen LogP contribution in [0.1, 0.15) is 13.0 Å². The first kappa shape index (κ1) is 19.6. The maximum atomic E-state index is 12.4. The Morgan fingerprint density at radius 2 is 1.85 bits per heavy atom. The van der Waals surface area contributed by atoms with Crippen molar-refractivity contribution in [2.75, 3.05) is 23.4 Å². The fraction of sp³-hybridized carbons (Fsp3) is 0.278. The number of anilines is 2. The number of hydrogen-bond donors (Lipinski definition) is 1. The summed E-state index contributed by atoms with van der Waals surface area (Å²) in [4.78, 5) is 0. The number of aromatic nitrogens is 2. The van der Waals surface area contributed by atoms with Gasteiger partial charge in [-0.2, -0.15) is 5.10 Å². The van der Waals surface area contributed by atoms with Crippen LogP contribution in [0.15, 0.2) is 42.5 Å². The van der Waals surface area contributed by atoms with Crippen molar-refractivity contribution in [1.29, 1.82) is 0 Å². The molecule has 0 spiro atoms. The van der Waals surface area contributed by atoms with E-state index >= 15 is 0 Å². The summed E-state index contributed by atoms with van der Waals surface area (Å²) in [6.45, 7) is 0.170. The number of fused-ring (bicyclic) bond motifs is 1. The molecule has 0 amide bonds. The molecule has 7 nitrogen and oxygen atoms in total. The number of nitrogen functional groups attached to an aromatic ring is 1. The van der Waals surface area contributed by atoms with Gasteiger partial charge in [-0.3, -0.25) is 4.68 Å². The van der Waals surface area contributed by atoms with Gasteiger partial charge in [0, 0.05) is 12.4 Å². The molecule has 0 aliphatic heterocycles. The Morgan fingerprint density at radius 3 is 2.42 bits per heavy atom. The summed E-state index contributed by atoms with van der Waals surface area (Å²) in [5.41, 5.74) is 8.11. The van der Waals surface area contributed by atoms with Crippen LogP contribution in [0.25, 0.3) is 10.9 Å². The largest absolute Gasteiger partial charge is 0.497 e. The van der Waals surface area contributed by atoms with E-state index in [1.54, 1.807) is 43.1 Å². The zero-order valence-electron chi connectivity index (χ0n) is 14.3. The minimum absolute atomic E-state index is 0. The molecule has 2 N–H and O–H groups in total. The van der Waals surface area contributed by atoms with E-state index in [9.17, 15) is 8.42 Å². The Kier molecular flexibility index (Phi) is 5.46. The van der Waals surface area contributed by atoms with Gasteiger partial charge in [0.05, 0.1) is 31.1 Å². The standard InChI is InChI=1S/C17H20N4O3S.CH4/c1-20-16-14(5-4-6-15(16)18)17(19-20)21(25(3,22)23)11-12-7-9-13(24-2)10-8-12;/h4-10H,11,18H2,1-3H3;1H4. The van der Waals surface area contributed by atoms with Crippen molar-refractivity contribution in [3.8, 4) is 5.75 Å². The zero-order chi connectivity index (χ0) is 18.2. The lowest BCUT2D eigenvalue weighted by Crippen LogP contribution is -2.30. The number of sulfonamides is 1. The van der Waals surface area contributed by atoms with Gasteiger partial charge in [-0.1, -0.05) is 25.6 Å². The van der Waals surface area contributed by atoms with E-state index < -0.39 is 10.0 Å². The van der Waals surface area contributed by atoms with Crippen LogP contribution in [0, 0.1) is 0 Å². The molecule has 0 saturated heterocycles. The van der Waals surface area contributed by atoms with Gasteiger partial charge in [0.15, 0.2) is 5.82 Å². The molecule has 26 heavy (non-hydrogen) atoms. The van der Waals surface area contributed by atoms with Gasteiger partial charge in [-0.15, -0.1) is 0 Å². The van der Waals surface area contributed by atoms with Gasteiger partial charge < -0.3 is 10.5 Å². The molecule has 140 valence electrons. The predicted molar refractivity (Wildman–Crippen MR) is 106 cm³/mol. The minimum atomic E-state index is -3.54. The third kappa shape index (κ3) is 3.60. The number of para-hydroxylation sites is 1. The molecule has 0 fully saturated rings. The third-order valence-corrected chi connectivity index (χ3v) is 5.10. The normalized spacial score (nSPS) is 11.2. The first-order valence-electron chi connectivity index (χ1n) is 7.63. The lowest BCUT2D eigenvalue weighted by Gasteiger charge is -2.20. The molecule has 0 radical (unpaired) electrons. The molecule has 1 heterocycles. The van der Waals surface area contributed by atoms with Crippen LogP contribution in [0.5, 0.6) is 5.75 Å². The molecule has 0 aliphatic carbocycles. The average molecular weight is 376 g/mol. The molecule has 0 atom stereocenters. The second kappa shape index (κ2) is 7.25. The van der Waals surface area contributed by atoms with Crippen LogP contribution < -0.4 is 14.8 Å². The predicted octanol–water partition coefficient (Wildman–Crippen LogP) is 2.77. The van der Waals surface area contributed by atoms with E-state index in [1.165, 1.54) is 10.6 Å². The van der Waals surface area contributed by atoms with Crippen LogP contribution in [-0.2, 0) is 23.6 Å². The molecule has 8 heteroatoms. The molecule has 0 saturated carbocycles. The Labute approximate surface area is 154 Å². The summed E-state index contributed by atoms with van der Waals surface area (Å²) in [6.07, 6.45) is 1.17. The van der Waals surface area contributed by atoms with E-state index in [4.69, 9.17) is 10.5 Å². The SMILES string of the molecule is C.COc1ccc(CN(c2nn(C)c3c(N)cccc23)S(C)(=O)=O)cc1. The van der Waals surface area contributed by atoms with Gasteiger partial charge in [-0.05, 0) is 29.8 Å². The van der Waals surface area contributed by atoms with E-state index in [2.05, 4.69) is 5.10 Å². The van der Waals surface area contributed by atoms with Crippen molar-refractivity contribution in [3.05, 3.63) is 48.0 Å². The van der Waals surface area contributed by atoms with Gasteiger partial charge in [0.2, 0.25) is 10.0 Å². The summed E-state index contributed by atoms with van der Waals surface area (Å²) in [6, 6.07) is 12.6. The molecule has 3 rings (SSSR count). The van der Waals surface area contributed by atoms with E-state index in [0.717, 1.165) is 5.56 Å². The van der Waals surface area contributed by atoms with Crippen molar-refractivity contribution in [1.82, 2.24) is 9.78 Å². The van der Waals surface area contributed by atoms with Crippen LogP contribution in [0.4, 0.5) is 11.5 Å². The van der Waals surface area contributed by atoms with Crippen LogP contribution in [-0.4, -0.2) is 31.6 Å². The summed E-state index contributed by atoms with van der Waals surface area (Å²) < 4.78 is 32.9. The molecular formula is C18H24N4O3S. The molecular weight excluding hydrogens is 352 g/mol. The number of aryl methyl sites for hydroxylation is 1. The highest BCUT2D eigenvalue weighted by molar-refractivity contribution is 7.92. The van der Waals surface area contributed by atoms with Gasteiger partial charge >= 0.3 is 0 Å². The van der Waals surface area contributed by atoms with Crippen LogP contribution >= 0.6 is 0 Å². The quantitative estimate of drug-likeness (QED) is 0.692. The summed E-state index contributed by atoms with van der Waals surface area (Å²) in [5, 5.41) is 5.10. The van der Waals surface area contributed by atoms with Crippen LogP contribution in [0.3, 0.4) is 0 Å². The highest BCUT2D eigenvalue weighted by Crippen LogP contribution is 2.31. The molecule has 0 aliphatic rings. The maximum absolute atomic E-state index is 12.4. The summed E-state index contributed by atoms with van der Waals surface area (Å²) >= 11 is 0. The van der Waals surface area contributed by atoms with Crippen molar-refractivity contribution in [3.63, 3.8) is 0 Å². The van der Waals surface area contributed by atoms with Crippen molar-refractivity contribution < 1.29 is 13.2 Å². The zero-order valence-corrected chi connectivity index (χ0v) is 15.1. The third-order valence-electron chi connectivity index (χ3n) is 4.00. The van der Waals surface area contributed by atoms with E-state index in [0.29, 0.717) is 28.2 Å². The maximum Gasteiger partial charge on any atom is 0.233 e. The fourth-order valence-electron chi connectivity index (χ4n) is 2.78. The highest BCUT2D eigenvalue weighted by atomic mass is 32.2. The lowest BCUT2D eigenvalue weighted by molar-refractivity contribution is 0.414. The topological polar surface area (TPSA) is 90.4 Å². The molecule has 2 aromatic carbocycles. The number of rotatable bonds is 5. The Bertz CT molecular complexity index is 1010. The van der Waals surface area contributed by atoms with Crippen molar-refractivity contribution >= 4 is 32.4 Å². The van der Waals surface area contributed by atoms with Crippen LogP contribution in [0.2, 0.25) is 0 Å². The second-order valence-corrected chi connectivity index (χ2v) is 7.72. The Hall–Kier alpha value is -2.74. The van der Waals surface area contributed by atoms with E-state index in [1.807, 2.05) is 18.2 Å². The Balaban J connectivity index is 0.00000243. The molecule has 3 aromatic rings. The molecule has 0 bridgehead atoms. The number of hydrogen-bond acceptors (Lipinski definition) is 5. The van der Waals surface area contributed by atoms with Crippen molar-refractivity contribution in [2.45, 2.75) is 14.0 Å². The first-order chi connectivity index (χ1) is 11.8. The second-order valence-electron chi connectivity index (χ2n) is 5.81. The average Bonchev–Trinajstić information content (AvgIpc) is 2.90. The van der Waals surface area contributed by atoms with Gasteiger partial charge in [0.25, 0.3) is 0 Å². The number of methoxy groups -OCH3 is 1. The fourth-order valence-corrected chi connectivity index (χ4v) is 3.61. The smallest absolute Gasteiger partial charge is 0.233 e. The van der Waals surface area contributed by atoms with Gasteiger partial charge in [0.1, 0.15) is 5.75 Å². The van der Waals surface area contributed by atoms with E-state index in [-0.39, 0.29) is 14.0 Å².